The minimum atomic E-state index is -3.85. The van der Waals surface area contributed by atoms with Crippen LogP contribution in [0.5, 0.6) is 0 Å². The molecular formula is C21H19BrN4O3S. The quantitative estimate of drug-likeness (QED) is 0.505. The lowest BCUT2D eigenvalue weighted by Crippen LogP contribution is -2.16. The molecule has 2 N–H and O–H groups in total. The number of benzene rings is 2. The number of aryl methyl sites for hydroxylation is 2. The molecule has 3 rings (SSSR count). The zero-order chi connectivity index (χ0) is 21.7. The minimum Gasteiger partial charge on any atom is -0.323 e. The van der Waals surface area contributed by atoms with E-state index in [1.165, 1.54) is 30.3 Å². The third kappa shape index (κ3) is 5.98. The number of carbonyl (C=O) groups is 1. The van der Waals surface area contributed by atoms with E-state index in [0.717, 1.165) is 10.0 Å². The number of anilines is 2. The van der Waals surface area contributed by atoms with Crippen LogP contribution in [0.3, 0.4) is 0 Å². The Bertz CT molecular complexity index is 1170. The van der Waals surface area contributed by atoms with E-state index in [2.05, 4.69) is 35.9 Å². The lowest BCUT2D eigenvalue weighted by Gasteiger charge is -2.09. The van der Waals surface area contributed by atoms with Crippen molar-refractivity contribution in [2.24, 2.45) is 0 Å². The average molecular weight is 487 g/mol. The summed E-state index contributed by atoms with van der Waals surface area (Å²) in [6.45, 7) is 3.52. The second-order valence-corrected chi connectivity index (χ2v) is 9.08. The molecule has 0 aliphatic rings. The van der Waals surface area contributed by atoms with Crippen molar-refractivity contribution in [3.63, 3.8) is 0 Å². The van der Waals surface area contributed by atoms with Crippen LogP contribution in [0.1, 0.15) is 17.0 Å². The Balaban J connectivity index is 1.66. The number of halogens is 1. The van der Waals surface area contributed by atoms with Crippen LogP contribution < -0.4 is 10.0 Å². The van der Waals surface area contributed by atoms with Gasteiger partial charge in [-0.3, -0.25) is 4.79 Å². The van der Waals surface area contributed by atoms with E-state index in [1.807, 2.05) is 24.3 Å². The first-order valence-corrected chi connectivity index (χ1v) is 11.2. The topological polar surface area (TPSA) is 101 Å². The maximum Gasteiger partial charge on any atom is 0.264 e. The second kappa shape index (κ2) is 9.19. The fraction of sp³-hybridized carbons (Fsp3) is 0.0952. The summed E-state index contributed by atoms with van der Waals surface area (Å²) in [6, 6.07) is 15.1. The van der Waals surface area contributed by atoms with Gasteiger partial charge in [0, 0.05) is 27.6 Å². The number of nitrogens with one attached hydrogen (secondary N) is 2. The number of carbonyl (C=O) groups excluding carboxylic acids is 1. The summed E-state index contributed by atoms with van der Waals surface area (Å²) in [6.07, 6.45) is 3.10. The van der Waals surface area contributed by atoms with E-state index in [-0.39, 0.29) is 16.8 Å². The molecule has 0 saturated heterocycles. The first kappa shape index (κ1) is 21.7. The van der Waals surface area contributed by atoms with E-state index in [9.17, 15) is 13.2 Å². The van der Waals surface area contributed by atoms with Gasteiger partial charge in [-0.05, 0) is 68.0 Å². The summed E-state index contributed by atoms with van der Waals surface area (Å²) >= 11 is 3.36. The molecule has 30 heavy (non-hydrogen) atoms. The third-order valence-electron chi connectivity index (χ3n) is 3.94. The molecule has 0 fully saturated rings. The van der Waals surface area contributed by atoms with Gasteiger partial charge in [-0.1, -0.05) is 28.1 Å². The van der Waals surface area contributed by atoms with Crippen molar-refractivity contribution in [3.8, 4) is 0 Å². The molecule has 154 valence electrons. The zero-order valence-corrected chi connectivity index (χ0v) is 18.7. The summed E-state index contributed by atoms with van der Waals surface area (Å²) in [4.78, 5) is 20.3. The maximum atomic E-state index is 12.5. The molecule has 0 radical (unpaired) electrons. The Kier molecular flexibility index (Phi) is 6.63. The van der Waals surface area contributed by atoms with Gasteiger partial charge in [0.15, 0.2) is 0 Å². The predicted octanol–water partition coefficient (Wildman–Crippen LogP) is 4.31. The number of hydrogen-bond acceptors (Lipinski definition) is 5. The lowest BCUT2D eigenvalue weighted by molar-refractivity contribution is -0.111. The number of amides is 1. The monoisotopic (exact) mass is 486 g/mol. The Labute approximate surface area is 183 Å². The van der Waals surface area contributed by atoms with Gasteiger partial charge >= 0.3 is 0 Å². The van der Waals surface area contributed by atoms with Crippen molar-refractivity contribution < 1.29 is 13.2 Å². The highest BCUT2D eigenvalue weighted by molar-refractivity contribution is 9.10. The highest BCUT2D eigenvalue weighted by Gasteiger charge is 2.16. The molecule has 0 unspecified atom stereocenters. The number of nitrogens with zero attached hydrogens (tertiary/aromatic N) is 2. The molecule has 0 aliphatic carbocycles. The predicted molar refractivity (Wildman–Crippen MR) is 121 cm³/mol. The van der Waals surface area contributed by atoms with Crippen LogP contribution in [0, 0.1) is 13.8 Å². The standard InChI is InChI=1S/C21H19BrN4O3S/c1-14-13-15(2)24-21(23-14)26-30(28,29)19-10-8-18(9-11-19)25-20(27)12-5-16-3-6-17(22)7-4-16/h3-13H,1-2H3,(H,25,27)(H,23,24,26)/b12-5+. The largest absolute Gasteiger partial charge is 0.323 e. The summed E-state index contributed by atoms with van der Waals surface area (Å²) in [7, 11) is -3.85. The molecule has 3 aromatic rings. The first-order valence-electron chi connectivity index (χ1n) is 8.91. The van der Waals surface area contributed by atoms with Crippen LogP contribution >= 0.6 is 15.9 Å². The molecule has 1 aromatic heterocycles. The molecule has 1 heterocycles. The molecule has 0 spiro atoms. The number of sulfonamides is 1. The van der Waals surface area contributed by atoms with Crippen LogP contribution in [0.15, 0.2) is 70.0 Å². The lowest BCUT2D eigenvalue weighted by atomic mass is 10.2. The Morgan fingerprint density at radius 1 is 0.967 bits per heavy atom. The minimum absolute atomic E-state index is 0.0166. The van der Waals surface area contributed by atoms with Crippen molar-refractivity contribution in [1.29, 1.82) is 0 Å². The SMILES string of the molecule is Cc1cc(C)nc(NS(=O)(=O)c2ccc(NC(=O)/C=C/c3ccc(Br)cc3)cc2)n1. The van der Waals surface area contributed by atoms with Crippen LogP contribution in [-0.2, 0) is 14.8 Å². The zero-order valence-electron chi connectivity index (χ0n) is 16.3. The van der Waals surface area contributed by atoms with E-state index < -0.39 is 10.0 Å². The average Bonchev–Trinajstić information content (AvgIpc) is 2.67. The summed E-state index contributed by atoms with van der Waals surface area (Å²) in [5.41, 5.74) is 2.68. The molecule has 0 atom stereocenters. The molecule has 0 aliphatic heterocycles. The van der Waals surface area contributed by atoms with Crippen LogP contribution in [-0.4, -0.2) is 24.3 Å². The molecule has 2 aromatic carbocycles. The van der Waals surface area contributed by atoms with E-state index in [4.69, 9.17) is 0 Å². The molecule has 1 amide bonds. The third-order valence-corrected chi connectivity index (χ3v) is 5.81. The van der Waals surface area contributed by atoms with Crippen LogP contribution in [0.2, 0.25) is 0 Å². The highest BCUT2D eigenvalue weighted by Crippen LogP contribution is 2.17. The maximum absolute atomic E-state index is 12.5. The van der Waals surface area contributed by atoms with Gasteiger partial charge in [-0.2, -0.15) is 0 Å². The molecule has 0 saturated carbocycles. The van der Waals surface area contributed by atoms with Gasteiger partial charge in [-0.25, -0.2) is 23.1 Å². The fourth-order valence-electron chi connectivity index (χ4n) is 2.60. The first-order chi connectivity index (χ1) is 14.2. The number of aromatic nitrogens is 2. The van der Waals surface area contributed by atoms with E-state index >= 15 is 0 Å². The van der Waals surface area contributed by atoms with Gasteiger partial charge in [0.2, 0.25) is 11.9 Å². The van der Waals surface area contributed by atoms with Crippen molar-refractivity contribution in [2.75, 3.05) is 10.0 Å². The highest BCUT2D eigenvalue weighted by atomic mass is 79.9. The summed E-state index contributed by atoms with van der Waals surface area (Å²) in [5, 5.41) is 2.69. The van der Waals surface area contributed by atoms with Gasteiger partial charge < -0.3 is 5.32 Å². The van der Waals surface area contributed by atoms with Gasteiger partial charge in [0.05, 0.1) is 4.90 Å². The molecule has 7 nitrogen and oxygen atoms in total. The smallest absolute Gasteiger partial charge is 0.264 e. The normalized spacial score (nSPS) is 11.4. The Morgan fingerprint density at radius 2 is 1.57 bits per heavy atom. The van der Waals surface area contributed by atoms with Crippen molar-refractivity contribution in [3.05, 3.63) is 82.1 Å². The Hall–Kier alpha value is -3.04. The fourth-order valence-corrected chi connectivity index (χ4v) is 3.81. The van der Waals surface area contributed by atoms with Crippen molar-refractivity contribution in [1.82, 2.24) is 9.97 Å². The van der Waals surface area contributed by atoms with Gasteiger partial charge in [0.25, 0.3) is 10.0 Å². The summed E-state index contributed by atoms with van der Waals surface area (Å²) in [5.74, 6) is -0.307. The van der Waals surface area contributed by atoms with Crippen LogP contribution in [0.4, 0.5) is 11.6 Å². The van der Waals surface area contributed by atoms with E-state index in [1.54, 1.807) is 26.0 Å². The molecular weight excluding hydrogens is 468 g/mol. The Morgan fingerprint density at radius 3 is 2.17 bits per heavy atom. The molecule has 0 bridgehead atoms. The van der Waals surface area contributed by atoms with E-state index in [0.29, 0.717) is 17.1 Å². The van der Waals surface area contributed by atoms with Crippen LogP contribution in [0.25, 0.3) is 6.08 Å². The van der Waals surface area contributed by atoms with Crippen molar-refractivity contribution in [2.45, 2.75) is 18.7 Å². The van der Waals surface area contributed by atoms with Gasteiger partial charge in [0.1, 0.15) is 0 Å². The second-order valence-electron chi connectivity index (χ2n) is 6.48. The number of rotatable bonds is 6. The van der Waals surface area contributed by atoms with Crippen molar-refractivity contribution >= 4 is 49.6 Å². The van der Waals surface area contributed by atoms with Gasteiger partial charge in [-0.15, -0.1) is 0 Å². The molecule has 9 heteroatoms. The number of hydrogen-bond donors (Lipinski definition) is 2. The summed E-state index contributed by atoms with van der Waals surface area (Å²) < 4.78 is 28.4.